The molecule has 88 valence electrons. The number of H-pyrrole nitrogens is 1. The SMILES string of the molecule is O=c1[nH]c(=S)ccn1C1C[C@@H](O)C(CO)O1. The van der Waals surface area contributed by atoms with E-state index in [0.29, 0.717) is 4.64 Å². The molecule has 1 fully saturated rings. The summed E-state index contributed by atoms with van der Waals surface area (Å²) in [6.45, 7) is -0.269. The number of nitrogens with zero attached hydrogens (tertiary/aromatic N) is 1. The first-order chi connectivity index (χ1) is 7.61. The second-order valence-corrected chi connectivity index (χ2v) is 4.07. The van der Waals surface area contributed by atoms with E-state index in [1.54, 1.807) is 6.07 Å². The Bertz CT molecular complexity index is 483. The van der Waals surface area contributed by atoms with Gasteiger partial charge >= 0.3 is 5.69 Å². The Morgan fingerprint density at radius 1 is 1.69 bits per heavy atom. The van der Waals surface area contributed by atoms with Gasteiger partial charge in [-0.3, -0.25) is 9.55 Å². The van der Waals surface area contributed by atoms with Crippen LogP contribution in [0.25, 0.3) is 0 Å². The third-order valence-corrected chi connectivity index (χ3v) is 2.78. The summed E-state index contributed by atoms with van der Waals surface area (Å²) in [5.74, 6) is 0. The van der Waals surface area contributed by atoms with E-state index in [0.717, 1.165) is 0 Å². The Hall–Kier alpha value is -1.02. The molecule has 2 unspecified atom stereocenters. The highest BCUT2D eigenvalue weighted by atomic mass is 32.1. The first-order valence-electron chi connectivity index (χ1n) is 4.87. The summed E-state index contributed by atoms with van der Waals surface area (Å²) in [5, 5.41) is 18.5. The molecule has 0 amide bonds. The monoisotopic (exact) mass is 244 g/mol. The number of rotatable bonds is 2. The average molecular weight is 244 g/mol. The molecule has 0 radical (unpaired) electrons. The summed E-state index contributed by atoms with van der Waals surface area (Å²) in [7, 11) is 0. The Morgan fingerprint density at radius 2 is 2.44 bits per heavy atom. The number of hydrogen-bond acceptors (Lipinski definition) is 5. The molecule has 2 heterocycles. The Kier molecular flexibility index (Phi) is 3.20. The van der Waals surface area contributed by atoms with Crippen molar-refractivity contribution in [2.75, 3.05) is 6.61 Å². The minimum Gasteiger partial charge on any atom is -0.394 e. The minimum atomic E-state index is -0.759. The van der Waals surface area contributed by atoms with Gasteiger partial charge in [0, 0.05) is 12.6 Å². The molecular formula is C9H12N2O4S. The van der Waals surface area contributed by atoms with Crippen molar-refractivity contribution in [3.8, 4) is 0 Å². The van der Waals surface area contributed by atoms with Gasteiger partial charge in [-0.05, 0) is 6.07 Å². The zero-order chi connectivity index (χ0) is 11.7. The molecule has 1 saturated heterocycles. The molecule has 0 aromatic carbocycles. The van der Waals surface area contributed by atoms with Crippen molar-refractivity contribution in [3.63, 3.8) is 0 Å². The van der Waals surface area contributed by atoms with E-state index >= 15 is 0 Å². The molecule has 6 nitrogen and oxygen atoms in total. The maximum atomic E-state index is 11.5. The van der Waals surface area contributed by atoms with Gasteiger partial charge < -0.3 is 14.9 Å². The van der Waals surface area contributed by atoms with E-state index in [2.05, 4.69) is 4.98 Å². The molecule has 2 rings (SSSR count). The van der Waals surface area contributed by atoms with Crippen LogP contribution in [0.4, 0.5) is 0 Å². The summed E-state index contributed by atoms with van der Waals surface area (Å²) in [6, 6.07) is 1.57. The Balaban J connectivity index is 2.27. The van der Waals surface area contributed by atoms with Crippen molar-refractivity contribution >= 4 is 12.2 Å². The lowest BCUT2D eigenvalue weighted by Gasteiger charge is -2.13. The molecule has 1 aromatic rings. The highest BCUT2D eigenvalue weighted by molar-refractivity contribution is 7.71. The minimum absolute atomic E-state index is 0.269. The molecule has 16 heavy (non-hydrogen) atoms. The maximum absolute atomic E-state index is 11.5. The molecule has 0 spiro atoms. The van der Waals surface area contributed by atoms with Crippen molar-refractivity contribution < 1.29 is 14.9 Å². The number of aromatic amines is 1. The van der Waals surface area contributed by atoms with Crippen molar-refractivity contribution in [1.29, 1.82) is 0 Å². The van der Waals surface area contributed by atoms with Crippen LogP contribution in [0.3, 0.4) is 0 Å². The summed E-state index contributed by atoms with van der Waals surface area (Å²) in [6.07, 6.45) is -0.176. The zero-order valence-corrected chi connectivity index (χ0v) is 9.18. The number of aromatic nitrogens is 2. The summed E-state index contributed by atoms with van der Waals surface area (Å²) in [4.78, 5) is 14.0. The van der Waals surface area contributed by atoms with Crippen molar-refractivity contribution in [3.05, 3.63) is 27.4 Å². The largest absolute Gasteiger partial charge is 0.394 e. The van der Waals surface area contributed by atoms with Gasteiger partial charge in [-0.1, -0.05) is 12.2 Å². The number of hydrogen-bond donors (Lipinski definition) is 3. The van der Waals surface area contributed by atoms with Crippen LogP contribution in [0.2, 0.25) is 0 Å². The van der Waals surface area contributed by atoms with Crippen LogP contribution in [-0.2, 0) is 4.74 Å². The van der Waals surface area contributed by atoms with E-state index in [-0.39, 0.29) is 18.7 Å². The van der Waals surface area contributed by atoms with E-state index in [1.165, 1.54) is 10.8 Å². The van der Waals surface area contributed by atoms with Gasteiger partial charge in [-0.15, -0.1) is 0 Å². The molecule has 0 saturated carbocycles. The molecule has 7 heteroatoms. The third-order valence-electron chi connectivity index (χ3n) is 2.55. The van der Waals surface area contributed by atoms with E-state index in [9.17, 15) is 9.90 Å². The predicted molar refractivity (Wildman–Crippen MR) is 57.5 cm³/mol. The van der Waals surface area contributed by atoms with Crippen molar-refractivity contribution in [1.82, 2.24) is 9.55 Å². The Labute approximate surface area is 96.1 Å². The van der Waals surface area contributed by atoms with Crippen LogP contribution < -0.4 is 5.69 Å². The Morgan fingerprint density at radius 3 is 3.00 bits per heavy atom. The molecule has 1 aliphatic rings. The summed E-state index contributed by atoms with van der Waals surface area (Å²) >= 11 is 4.80. The fraction of sp³-hybridized carbons (Fsp3) is 0.556. The maximum Gasteiger partial charge on any atom is 0.328 e. The highest BCUT2D eigenvalue weighted by Crippen LogP contribution is 2.26. The molecule has 0 aliphatic carbocycles. The van der Waals surface area contributed by atoms with Crippen LogP contribution in [-0.4, -0.2) is 38.6 Å². The second kappa shape index (κ2) is 4.46. The third kappa shape index (κ3) is 2.07. The molecule has 3 atom stereocenters. The lowest BCUT2D eigenvalue weighted by molar-refractivity contribution is -0.0459. The smallest absolute Gasteiger partial charge is 0.328 e. The first-order valence-corrected chi connectivity index (χ1v) is 5.28. The lowest BCUT2D eigenvalue weighted by Crippen LogP contribution is -2.27. The van der Waals surface area contributed by atoms with Gasteiger partial charge in [0.25, 0.3) is 0 Å². The van der Waals surface area contributed by atoms with E-state index in [1.807, 2.05) is 0 Å². The molecule has 0 bridgehead atoms. The van der Waals surface area contributed by atoms with Gasteiger partial charge in [0.1, 0.15) is 17.0 Å². The van der Waals surface area contributed by atoms with Gasteiger partial charge in [0.15, 0.2) is 0 Å². The van der Waals surface area contributed by atoms with Gasteiger partial charge in [0.05, 0.1) is 12.7 Å². The van der Waals surface area contributed by atoms with Gasteiger partial charge in [-0.2, -0.15) is 0 Å². The van der Waals surface area contributed by atoms with Gasteiger partial charge in [0.2, 0.25) is 0 Å². The number of nitrogens with one attached hydrogen (secondary N) is 1. The van der Waals surface area contributed by atoms with E-state index in [4.69, 9.17) is 22.1 Å². The van der Waals surface area contributed by atoms with E-state index < -0.39 is 18.4 Å². The average Bonchev–Trinajstić information content (AvgIpc) is 2.59. The van der Waals surface area contributed by atoms with Crippen LogP contribution in [0.1, 0.15) is 12.6 Å². The fourth-order valence-electron chi connectivity index (χ4n) is 1.70. The summed E-state index contributed by atoms with van der Waals surface area (Å²) in [5.41, 5.74) is -0.386. The molecule has 1 aromatic heterocycles. The molecule has 3 N–H and O–H groups in total. The van der Waals surface area contributed by atoms with Crippen molar-refractivity contribution in [2.45, 2.75) is 24.9 Å². The van der Waals surface area contributed by atoms with Crippen LogP contribution in [0.5, 0.6) is 0 Å². The van der Waals surface area contributed by atoms with Crippen LogP contribution in [0, 0.1) is 4.64 Å². The normalized spacial score (nSPS) is 29.5. The van der Waals surface area contributed by atoms with Crippen molar-refractivity contribution in [2.24, 2.45) is 0 Å². The number of aliphatic hydroxyl groups excluding tert-OH is 2. The molecular weight excluding hydrogens is 232 g/mol. The van der Waals surface area contributed by atoms with Crippen LogP contribution in [0.15, 0.2) is 17.1 Å². The number of aliphatic hydroxyl groups is 2. The number of ether oxygens (including phenoxy) is 1. The quantitative estimate of drug-likeness (QED) is 0.613. The molecule has 1 aliphatic heterocycles. The predicted octanol–water partition coefficient (Wildman–Crippen LogP) is -0.453. The topological polar surface area (TPSA) is 87.5 Å². The zero-order valence-electron chi connectivity index (χ0n) is 8.37. The van der Waals surface area contributed by atoms with Gasteiger partial charge in [-0.25, -0.2) is 4.79 Å². The highest BCUT2D eigenvalue weighted by Gasteiger charge is 2.34. The lowest BCUT2D eigenvalue weighted by atomic mass is 10.2. The fourth-order valence-corrected chi connectivity index (χ4v) is 1.85. The standard InChI is InChI=1S/C9H12N2O4S/c12-4-6-5(13)3-8(15-6)11-2-1-7(16)10-9(11)14/h1-2,5-6,8,12-13H,3-4H2,(H,10,14,16)/t5-,6?,8?/m1/s1. The van der Waals surface area contributed by atoms with Crippen LogP contribution >= 0.6 is 12.2 Å². The summed E-state index contributed by atoms with van der Waals surface area (Å²) < 4.78 is 7.00. The first kappa shape index (κ1) is 11.5. The second-order valence-electron chi connectivity index (χ2n) is 3.63.